The highest BCUT2D eigenvalue weighted by molar-refractivity contribution is 5.30. The van der Waals surface area contributed by atoms with Crippen molar-refractivity contribution in [3.63, 3.8) is 0 Å². The maximum atomic E-state index is 3.79. The molecule has 2 saturated carbocycles. The highest BCUT2D eigenvalue weighted by Crippen LogP contribution is 2.49. The Morgan fingerprint density at radius 3 is 2.74 bits per heavy atom. The van der Waals surface area contributed by atoms with Gasteiger partial charge in [-0.15, -0.1) is 0 Å². The number of hydrogen-bond donors (Lipinski definition) is 1. The summed E-state index contributed by atoms with van der Waals surface area (Å²) in [5.74, 6) is 3.01. The zero-order valence-electron chi connectivity index (χ0n) is 12.6. The Kier molecular flexibility index (Phi) is 3.66. The number of aryl methyl sites for hydroxylation is 2. The van der Waals surface area contributed by atoms with Gasteiger partial charge in [0, 0.05) is 12.6 Å². The van der Waals surface area contributed by atoms with E-state index < -0.39 is 0 Å². The summed E-state index contributed by atoms with van der Waals surface area (Å²) >= 11 is 0. The van der Waals surface area contributed by atoms with Crippen LogP contribution in [-0.2, 0) is 6.54 Å². The molecule has 4 atom stereocenters. The first-order valence-electron chi connectivity index (χ1n) is 7.93. The van der Waals surface area contributed by atoms with Gasteiger partial charge in [0.05, 0.1) is 0 Å². The Labute approximate surface area is 117 Å². The van der Waals surface area contributed by atoms with E-state index in [0.29, 0.717) is 6.04 Å². The van der Waals surface area contributed by atoms with E-state index in [1.165, 1.54) is 42.4 Å². The summed E-state index contributed by atoms with van der Waals surface area (Å²) in [5.41, 5.74) is 4.25. The Bertz CT molecular complexity index is 451. The van der Waals surface area contributed by atoms with E-state index in [-0.39, 0.29) is 0 Å². The van der Waals surface area contributed by atoms with Gasteiger partial charge in [-0.25, -0.2) is 0 Å². The first-order valence-corrected chi connectivity index (χ1v) is 7.93. The SMILES string of the molecule is Cc1ccc(C)c(CN[C@@H](C)[C@H]2C[C@H]3CC[C@H]2C3)c1. The molecule has 0 spiro atoms. The summed E-state index contributed by atoms with van der Waals surface area (Å²) < 4.78 is 0. The second kappa shape index (κ2) is 5.28. The average molecular weight is 257 g/mol. The average Bonchev–Trinajstić information content (AvgIpc) is 3.02. The smallest absolute Gasteiger partial charge is 0.0210 e. The van der Waals surface area contributed by atoms with Crippen LogP contribution in [-0.4, -0.2) is 6.04 Å². The molecule has 1 aromatic rings. The van der Waals surface area contributed by atoms with Gasteiger partial charge < -0.3 is 5.32 Å². The van der Waals surface area contributed by atoms with Crippen molar-refractivity contribution in [1.29, 1.82) is 0 Å². The molecule has 1 N–H and O–H groups in total. The second-order valence-corrected chi connectivity index (χ2v) is 6.94. The van der Waals surface area contributed by atoms with Crippen molar-refractivity contribution in [1.82, 2.24) is 5.32 Å². The number of hydrogen-bond acceptors (Lipinski definition) is 1. The van der Waals surface area contributed by atoms with Crippen LogP contribution in [0.15, 0.2) is 18.2 Å². The van der Waals surface area contributed by atoms with Crippen molar-refractivity contribution in [3.05, 3.63) is 34.9 Å². The molecular formula is C18H27N. The van der Waals surface area contributed by atoms with Gasteiger partial charge in [-0.3, -0.25) is 0 Å². The molecule has 1 aromatic carbocycles. The molecule has 19 heavy (non-hydrogen) atoms. The molecule has 3 rings (SSSR count). The number of benzene rings is 1. The zero-order valence-corrected chi connectivity index (χ0v) is 12.6. The second-order valence-electron chi connectivity index (χ2n) is 6.94. The first-order chi connectivity index (χ1) is 9.13. The minimum absolute atomic E-state index is 0.676. The fourth-order valence-electron chi connectivity index (χ4n) is 4.32. The molecule has 104 valence electrons. The topological polar surface area (TPSA) is 12.0 Å². The van der Waals surface area contributed by atoms with Gasteiger partial charge in [0.2, 0.25) is 0 Å². The fourth-order valence-corrected chi connectivity index (χ4v) is 4.32. The van der Waals surface area contributed by atoms with Gasteiger partial charge in [-0.1, -0.05) is 30.2 Å². The van der Waals surface area contributed by atoms with Gasteiger partial charge in [0.1, 0.15) is 0 Å². The highest BCUT2D eigenvalue weighted by Gasteiger charge is 2.41. The quantitative estimate of drug-likeness (QED) is 0.851. The van der Waals surface area contributed by atoms with Crippen LogP contribution in [0.2, 0.25) is 0 Å². The summed E-state index contributed by atoms with van der Waals surface area (Å²) in [6.45, 7) is 7.83. The molecule has 0 amide bonds. The predicted molar refractivity (Wildman–Crippen MR) is 81.2 cm³/mol. The monoisotopic (exact) mass is 257 g/mol. The summed E-state index contributed by atoms with van der Waals surface area (Å²) in [6, 6.07) is 7.46. The molecule has 0 radical (unpaired) electrons. The Morgan fingerprint density at radius 2 is 2.05 bits per heavy atom. The van der Waals surface area contributed by atoms with Crippen LogP contribution in [0, 0.1) is 31.6 Å². The first kappa shape index (κ1) is 13.2. The molecule has 0 aliphatic heterocycles. The predicted octanol–water partition coefficient (Wildman–Crippen LogP) is 4.22. The molecule has 0 saturated heterocycles. The van der Waals surface area contributed by atoms with E-state index in [2.05, 4.69) is 44.3 Å². The molecule has 0 aromatic heterocycles. The molecule has 1 nitrogen and oxygen atoms in total. The largest absolute Gasteiger partial charge is 0.310 e. The molecule has 2 bridgehead atoms. The molecule has 2 fully saturated rings. The lowest BCUT2D eigenvalue weighted by Crippen LogP contribution is -2.36. The van der Waals surface area contributed by atoms with Crippen molar-refractivity contribution in [2.45, 2.75) is 59.0 Å². The molecule has 2 aliphatic rings. The summed E-state index contributed by atoms with van der Waals surface area (Å²) in [5, 5.41) is 3.79. The van der Waals surface area contributed by atoms with Crippen LogP contribution in [0.4, 0.5) is 0 Å². The third-order valence-electron chi connectivity index (χ3n) is 5.55. The van der Waals surface area contributed by atoms with Crippen LogP contribution in [0.1, 0.15) is 49.3 Å². The van der Waals surface area contributed by atoms with Gasteiger partial charge in [-0.05, 0) is 68.9 Å². The minimum atomic E-state index is 0.676. The van der Waals surface area contributed by atoms with Crippen LogP contribution in [0.25, 0.3) is 0 Å². The van der Waals surface area contributed by atoms with Crippen molar-refractivity contribution in [2.24, 2.45) is 17.8 Å². The van der Waals surface area contributed by atoms with E-state index in [0.717, 1.165) is 24.3 Å². The Morgan fingerprint density at radius 1 is 1.21 bits per heavy atom. The van der Waals surface area contributed by atoms with Crippen molar-refractivity contribution in [3.8, 4) is 0 Å². The van der Waals surface area contributed by atoms with Gasteiger partial charge in [-0.2, -0.15) is 0 Å². The number of fused-ring (bicyclic) bond motifs is 2. The summed E-state index contributed by atoms with van der Waals surface area (Å²) in [4.78, 5) is 0. The molecule has 1 heteroatoms. The highest BCUT2D eigenvalue weighted by atomic mass is 14.9. The maximum absolute atomic E-state index is 3.79. The summed E-state index contributed by atoms with van der Waals surface area (Å²) in [6.07, 6.45) is 5.99. The molecule has 0 unspecified atom stereocenters. The van der Waals surface area contributed by atoms with E-state index in [1.54, 1.807) is 0 Å². The number of nitrogens with one attached hydrogen (secondary N) is 1. The molecule has 2 aliphatic carbocycles. The van der Waals surface area contributed by atoms with Crippen molar-refractivity contribution >= 4 is 0 Å². The normalized spacial score (nSPS) is 30.8. The van der Waals surface area contributed by atoms with Crippen LogP contribution < -0.4 is 5.32 Å². The van der Waals surface area contributed by atoms with E-state index in [4.69, 9.17) is 0 Å². The third-order valence-corrected chi connectivity index (χ3v) is 5.55. The standard InChI is InChI=1S/C18H27N/c1-12-4-5-13(2)17(8-12)11-19-14(3)18-10-15-6-7-16(18)9-15/h4-5,8,14-16,18-19H,6-7,9-11H2,1-3H3/t14-,15-,16-,18+/m0/s1. The van der Waals surface area contributed by atoms with Gasteiger partial charge in [0.25, 0.3) is 0 Å². The van der Waals surface area contributed by atoms with Crippen LogP contribution in [0.3, 0.4) is 0 Å². The van der Waals surface area contributed by atoms with Gasteiger partial charge in [0.15, 0.2) is 0 Å². The lowest BCUT2D eigenvalue weighted by molar-refractivity contribution is 0.259. The van der Waals surface area contributed by atoms with Crippen molar-refractivity contribution < 1.29 is 0 Å². The Balaban J connectivity index is 1.58. The zero-order chi connectivity index (χ0) is 13.4. The molecule has 0 heterocycles. The third kappa shape index (κ3) is 2.72. The molecular weight excluding hydrogens is 230 g/mol. The van der Waals surface area contributed by atoms with Crippen LogP contribution >= 0.6 is 0 Å². The Hall–Kier alpha value is -0.820. The van der Waals surface area contributed by atoms with E-state index in [1.807, 2.05) is 0 Å². The van der Waals surface area contributed by atoms with Gasteiger partial charge >= 0.3 is 0 Å². The fraction of sp³-hybridized carbons (Fsp3) is 0.667. The minimum Gasteiger partial charge on any atom is -0.310 e. The van der Waals surface area contributed by atoms with E-state index in [9.17, 15) is 0 Å². The summed E-state index contributed by atoms with van der Waals surface area (Å²) in [7, 11) is 0. The van der Waals surface area contributed by atoms with E-state index >= 15 is 0 Å². The van der Waals surface area contributed by atoms with Crippen LogP contribution in [0.5, 0.6) is 0 Å². The number of rotatable bonds is 4. The van der Waals surface area contributed by atoms with Crippen molar-refractivity contribution in [2.75, 3.05) is 0 Å². The lowest BCUT2D eigenvalue weighted by atomic mass is 9.84. The lowest BCUT2D eigenvalue weighted by Gasteiger charge is -2.29. The maximum Gasteiger partial charge on any atom is 0.0210 e.